The Hall–Kier alpha value is -2.66. The predicted octanol–water partition coefficient (Wildman–Crippen LogP) is 6.07. The third kappa shape index (κ3) is 6.67. The van der Waals surface area contributed by atoms with Crippen LogP contribution in [0, 0.1) is 6.92 Å². The van der Waals surface area contributed by atoms with Crippen molar-refractivity contribution in [1.82, 2.24) is 9.80 Å². The van der Waals surface area contributed by atoms with E-state index in [9.17, 15) is 0 Å². The van der Waals surface area contributed by atoms with Crippen molar-refractivity contribution < 1.29 is 9.47 Å². The second kappa shape index (κ2) is 12.0. The monoisotopic (exact) mass is 444 g/mol. The fourth-order valence-electron chi connectivity index (χ4n) is 4.59. The summed E-state index contributed by atoms with van der Waals surface area (Å²) in [5.41, 5.74) is 3.87. The van der Waals surface area contributed by atoms with Gasteiger partial charge in [-0.25, -0.2) is 0 Å². The maximum absolute atomic E-state index is 6.05. The summed E-state index contributed by atoms with van der Waals surface area (Å²) in [5.74, 6) is 1.71. The fourth-order valence-corrected chi connectivity index (χ4v) is 4.59. The Balaban J connectivity index is 1.21. The maximum Gasteiger partial charge on any atom is 0.132 e. The quantitative estimate of drug-likeness (QED) is 0.354. The molecule has 1 saturated heterocycles. The second-order valence-electron chi connectivity index (χ2n) is 8.79. The van der Waals surface area contributed by atoms with Crippen LogP contribution in [0.25, 0.3) is 0 Å². The van der Waals surface area contributed by atoms with Crippen molar-refractivity contribution in [2.75, 3.05) is 39.3 Å². The maximum atomic E-state index is 6.05. The molecule has 1 aliphatic heterocycles. The van der Waals surface area contributed by atoms with Gasteiger partial charge in [0, 0.05) is 44.3 Å². The highest BCUT2D eigenvalue weighted by atomic mass is 16.5. The number of piperazine rings is 1. The van der Waals surface area contributed by atoms with E-state index >= 15 is 0 Å². The van der Waals surface area contributed by atoms with E-state index in [2.05, 4.69) is 54.0 Å². The van der Waals surface area contributed by atoms with E-state index in [-0.39, 0.29) is 0 Å². The van der Waals surface area contributed by atoms with Crippen LogP contribution in [0.3, 0.4) is 0 Å². The Labute approximate surface area is 198 Å². The van der Waals surface area contributed by atoms with Crippen molar-refractivity contribution in [3.05, 3.63) is 95.6 Å². The second-order valence-corrected chi connectivity index (χ2v) is 8.79. The lowest BCUT2D eigenvalue weighted by atomic mass is 10.00. The van der Waals surface area contributed by atoms with Crippen molar-refractivity contribution in [3.8, 4) is 11.5 Å². The summed E-state index contributed by atoms with van der Waals surface area (Å²) < 4.78 is 12.1. The normalized spacial score (nSPS) is 15.9. The highest BCUT2D eigenvalue weighted by molar-refractivity contribution is 5.37. The van der Waals surface area contributed by atoms with Gasteiger partial charge in [0.1, 0.15) is 11.5 Å². The molecule has 0 N–H and O–H groups in total. The molecule has 174 valence electrons. The lowest BCUT2D eigenvalue weighted by Gasteiger charge is -2.39. The Morgan fingerprint density at radius 2 is 1.61 bits per heavy atom. The molecule has 1 fully saturated rings. The van der Waals surface area contributed by atoms with Crippen LogP contribution in [0.2, 0.25) is 0 Å². The molecule has 0 aliphatic carbocycles. The Morgan fingerprint density at radius 3 is 2.36 bits per heavy atom. The number of para-hydroxylation sites is 2. The molecular weight excluding hydrogens is 408 g/mol. The van der Waals surface area contributed by atoms with Gasteiger partial charge in [0.05, 0.1) is 13.2 Å². The summed E-state index contributed by atoms with van der Waals surface area (Å²) in [4.78, 5) is 5.16. The average Bonchev–Trinajstić information content (AvgIpc) is 2.85. The summed E-state index contributed by atoms with van der Waals surface area (Å²) >= 11 is 0. The Morgan fingerprint density at radius 1 is 0.848 bits per heavy atom. The van der Waals surface area contributed by atoms with Gasteiger partial charge in [-0.3, -0.25) is 9.80 Å². The molecule has 0 bridgehead atoms. The predicted molar refractivity (Wildman–Crippen MR) is 135 cm³/mol. The number of nitrogens with zero attached hydrogens (tertiary/aromatic N) is 2. The average molecular weight is 445 g/mol. The molecule has 0 saturated carbocycles. The molecule has 0 aromatic heterocycles. The van der Waals surface area contributed by atoms with Crippen LogP contribution in [0.1, 0.15) is 36.1 Å². The molecule has 0 amide bonds. The zero-order chi connectivity index (χ0) is 22.9. The van der Waals surface area contributed by atoms with Gasteiger partial charge in [0.2, 0.25) is 0 Å². The SMILES string of the molecule is CCC(c1cccc(C)c1)N1CCN(CCOCc2ccccc2Oc2ccccc2)CC1. The van der Waals surface area contributed by atoms with Gasteiger partial charge in [0.15, 0.2) is 0 Å². The van der Waals surface area contributed by atoms with E-state index in [1.165, 1.54) is 11.1 Å². The number of rotatable bonds is 10. The minimum absolute atomic E-state index is 0.518. The van der Waals surface area contributed by atoms with Gasteiger partial charge in [-0.2, -0.15) is 0 Å². The van der Waals surface area contributed by atoms with Crippen molar-refractivity contribution in [1.29, 1.82) is 0 Å². The van der Waals surface area contributed by atoms with E-state index in [1.807, 2.05) is 48.5 Å². The van der Waals surface area contributed by atoms with E-state index in [4.69, 9.17) is 9.47 Å². The van der Waals surface area contributed by atoms with Crippen molar-refractivity contribution >= 4 is 0 Å². The van der Waals surface area contributed by atoms with Crippen molar-refractivity contribution in [3.63, 3.8) is 0 Å². The van der Waals surface area contributed by atoms with Crippen LogP contribution in [-0.4, -0.2) is 49.1 Å². The minimum atomic E-state index is 0.518. The topological polar surface area (TPSA) is 24.9 Å². The van der Waals surface area contributed by atoms with Crippen LogP contribution in [0.15, 0.2) is 78.9 Å². The van der Waals surface area contributed by atoms with Crippen molar-refractivity contribution in [2.45, 2.75) is 32.9 Å². The first-order valence-corrected chi connectivity index (χ1v) is 12.1. The summed E-state index contributed by atoms with van der Waals surface area (Å²) in [6.45, 7) is 11.2. The number of benzene rings is 3. The zero-order valence-corrected chi connectivity index (χ0v) is 20.0. The number of ether oxygens (including phenoxy) is 2. The van der Waals surface area contributed by atoms with Gasteiger partial charge in [0.25, 0.3) is 0 Å². The lowest BCUT2D eigenvalue weighted by Crippen LogP contribution is -2.48. The molecule has 4 rings (SSSR count). The molecule has 3 aromatic carbocycles. The van der Waals surface area contributed by atoms with E-state index in [1.54, 1.807) is 0 Å². The first kappa shape index (κ1) is 23.5. The summed E-state index contributed by atoms with van der Waals surface area (Å²) in [7, 11) is 0. The van der Waals surface area contributed by atoms with Gasteiger partial charge in [-0.1, -0.05) is 73.2 Å². The largest absolute Gasteiger partial charge is 0.457 e. The van der Waals surface area contributed by atoms with E-state index in [0.29, 0.717) is 12.6 Å². The van der Waals surface area contributed by atoms with Gasteiger partial charge >= 0.3 is 0 Å². The molecule has 4 heteroatoms. The smallest absolute Gasteiger partial charge is 0.132 e. The molecule has 4 nitrogen and oxygen atoms in total. The molecule has 1 aliphatic rings. The Kier molecular flexibility index (Phi) is 8.53. The number of hydrogen-bond donors (Lipinski definition) is 0. The molecule has 1 unspecified atom stereocenters. The van der Waals surface area contributed by atoms with Crippen LogP contribution >= 0.6 is 0 Å². The molecule has 1 atom stereocenters. The lowest BCUT2D eigenvalue weighted by molar-refractivity contribution is 0.0543. The summed E-state index contributed by atoms with van der Waals surface area (Å²) in [6, 6.07) is 27.5. The van der Waals surface area contributed by atoms with E-state index in [0.717, 1.165) is 62.8 Å². The summed E-state index contributed by atoms with van der Waals surface area (Å²) in [5, 5.41) is 0. The molecular formula is C29H36N2O2. The van der Waals surface area contributed by atoms with Crippen LogP contribution in [0.5, 0.6) is 11.5 Å². The highest BCUT2D eigenvalue weighted by Crippen LogP contribution is 2.27. The number of aryl methyl sites for hydroxylation is 1. The first-order chi connectivity index (χ1) is 16.2. The zero-order valence-electron chi connectivity index (χ0n) is 20.0. The Bertz CT molecular complexity index is 984. The van der Waals surface area contributed by atoms with Gasteiger partial charge < -0.3 is 9.47 Å². The molecule has 0 radical (unpaired) electrons. The van der Waals surface area contributed by atoms with E-state index < -0.39 is 0 Å². The van der Waals surface area contributed by atoms with Crippen LogP contribution in [-0.2, 0) is 11.3 Å². The molecule has 3 aromatic rings. The third-order valence-electron chi connectivity index (χ3n) is 6.41. The van der Waals surface area contributed by atoms with Gasteiger partial charge in [-0.05, 0) is 37.1 Å². The minimum Gasteiger partial charge on any atom is -0.457 e. The standard InChI is InChI=1S/C29H36N2O2/c1-3-28(25-12-9-10-24(2)22-25)31-18-16-30(17-19-31)20-21-32-23-26-11-7-8-15-29(26)33-27-13-5-4-6-14-27/h4-15,22,28H,3,16-21,23H2,1-2H3. The highest BCUT2D eigenvalue weighted by Gasteiger charge is 2.23. The molecule has 1 heterocycles. The van der Waals surface area contributed by atoms with Crippen molar-refractivity contribution in [2.24, 2.45) is 0 Å². The molecule has 33 heavy (non-hydrogen) atoms. The molecule has 0 spiro atoms. The van der Waals surface area contributed by atoms with Crippen LogP contribution < -0.4 is 4.74 Å². The fraction of sp³-hybridized carbons (Fsp3) is 0.379. The third-order valence-corrected chi connectivity index (χ3v) is 6.41. The van der Waals surface area contributed by atoms with Crippen LogP contribution in [0.4, 0.5) is 0 Å². The first-order valence-electron chi connectivity index (χ1n) is 12.1. The number of hydrogen-bond acceptors (Lipinski definition) is 4. The van der Waals surface area contributed by atoms with Gasteiger partial charge in [-0.15, -0.1) is 0 Å². The summed E-state index contributed by atoms with van der Waals surface area (Å²) in [6.07, 6.45) is 1.15.